The van der Waals surface area contributed by atoms with Gasteiger partial charge in [-0.25, -0.2) is 4.79 Å². The maximum atomic E-state index is 12.9. The number of hydrogen-bond donors (Lipinski definition) is 1. The minimum absolute atomic E-state index is 0.145. The van der Waals surface area contributed by atoms with Gasteiger partial charge in [0, 0.05) is 6.20 Å². The van der Waals surface area contributed by atoms with Crippen molar-refractivity contribution in [3.05, 3.63) is 22.7 Å². The Hall–Kier alpha value is -1.52. The molecule has 1 aliphatic heterocycles. The summed E-state index contributed by atoms with van der Waals surface area (Å²) in [5, 5.41) is 10.5. The number of nitrogens with zero attached hydrogens (tertiary/aromatic N) is 3. The molecule has 2 rings (SSSR count). The molecular weight excluding hydrogens is 537 g/mol. The molecule has 1 fully saturated rings. The smallest absolute Gasteiger partial charge is 0.351 e. The highest BCUT2D eigenvalue weighted by molar-refractivity contribution is 6.77. The predicted octanol–water partition coefficient (Wildman–Crippen LogP) is 7.40. The van der Waals surface area contributed by atoms with Crippen LogP contribution in [0.15, 0.2) is 17.1 Å². The Kier molecular flexibility index (Phi) is 13.1. The summed E-state index contributed by atoms with van der Waals surface area (Å²) in [5.41, 5.74) is 6.86. The monoisotopic (exact) mass is 592 g/mol. The van der Waals surface area contributed by atoms with E-state index in [4.69, 9.17) is 19.3 Å². The van der Waals surface area contributed by atoms with Crippen LogP contribution in [0.5, 0.6) is 0 Å². The van der Waals surface area contributed by atoms with E-state index in [1.165, 1.54) is 4.57 Å². The fourth-order valence-electron chi connectivity index (χ4n) is 6.63. The Balaban J connectivity index is 2.58. The summed E-state index contributed by atoms with van der Waals surface area (Å²) in [4.78, 5) is 16.8. The molecular formula is C30H56N4O4Si2. The van der Waals surface area contributed by atoms with Crippen LogP contribution in [-0.4, -0.2) is 45.0 Å². The van der Waals surface area contributed by atoms with Crippen molar-refractivity contribution in [1.82, 2.24) is 9.55 Å². The first kappa shape index (κ1) is 34.7. The maximum absolute atomic E-state index is 12.9. The molecule has 1 aliphatic rings. The third kappa shape index (κ3) is 7.46. The minimum Gasteiger partial charge on any atom is -0.414 e. The van der Waals surface area contributed by atoms with Crippen molar-refractivity contribution in [2.75, 3.05) is 12.3 Å². The number of anilines is 1. The van der Waals surface area contributed by atoms with E-state index in [1.807, 2.05) is 0 Å². The van der Waals surface area contributed by atoms with E-state index in [2.05, 4.69) is 80.3 Å². The lowest BCUT2D eigenvalue weighted by Gasteiger charge is -2.43. The molecule has 1 saturated heterocycles. The van der Waals surface area contributed by atoms with Crippen molar-refractivity contribution in [2.45, 2.75) is 148 Å². The number of rotatable bonds is 16. The van der Waals surface area contributed by atoms with E-state index >= 15 is 0 Å². The second-order valence-electron chi connectivity index (χ2n) is 12.9. The highest BCUT2D eigenvalue weighted by Gasteiger charge is 2.54. The van der Waals surface area contributed by atoms with Gasteiger partial charge in [-0.1, -0.05) is 94.9 Å². The molecule has 1 aromatic rings. The Labute approximate surface area is 245 Å². The van der Waals surface area contributed by atoms with Gasteiger partial charge in [0.2, 0.25) is 0 Å². The van der Waals surface area contributed by atoms with Gasteiger partial charge in [-0.2, -0.15) is 10.2 Å². The molecule has 0 aliphatic carbocycles. The Morgan fingerprint density at radius 2 is 1.52 bits per heavy atom. The first-order valence-electron chi connectivity index (χ1n) is 15.5. The van der Waals surface area contributed by atoms with Crippen LogP contribution in [0.2, 0.25) is 34.3 Å². The number of nitrogens with two attached hydrogens (primary N) is 1. The molecule has 8 nitrogen and oxygen atoms in total. The summed E-state index contributed by atoms with van der Waals surface area (Å²) in [7, 11) is -4.48. The molecule has 1 aromatic heterocycles. The topological polar surface area (TPSA) is 112 Å². The number of unbranched alkanes of at least 4 members (excludes halogenated alkanes) is 2. The van der Waals surface area contributed by atoms with Crippen molar-refractivity contribution in [2.24, 2.45) is 5.92 Å². The lowest BCUT2D eigenvalue weighted by Crippen LogP contribution is -2.52. The van der Waals surface area contributed by atoms with Crippen molar-refractivity contribution < 1.29 is 13.6 Å². The SMILES string of the molecule is CCCC[Si](OC[C@H]1O[C@@H](n2ccc(N)nc2=O)[C@@H](C#N)[C@@H]1O[Si](CCCC)(C(C)C)C(C)C)(C(C)C)C(C)C. The Bertz CT molecular complexity index is 1010. The highest BCUT2D eigenvalue weighted by Crippen LogP contribution is 2.46. The van der Waals surface area contributed by atoms with Crippen LogP contribution < -0.4 is 11.4 Å². The maximum Gasteiger partial charge on any atom is 0.351 e. The zero-order valence-corrected chi connectivity index (χ0v) is 28.8. The van der Waals surface area contributed by atoms with Gasteiger partial charge in [-0.05, 0) is 40.3 Å². The van der Waals surface area contributed by atoms with E-state index < -0.39 is 46.7 Å². The molecule has 2 heterocycles. The second-order valence-corrected chi connectivity index (χ2v) is 22.9. The van der Waals surface area contributed by atoms with Gasteiger partial charge in [0.05, 0.1) is 18.8 Å². The van der Waals surface area contributed by atoms with Crippen LogP contribution in [0, 0.1) is 17.2 Å². The zero-order valence-electron chi connectivity index (χ0n) is 26.8. The summed E-state index contributed by atoms with van der Waals surface area (Å²) in [5.74, 6) is -0.529. The first-order chi connectivity index (χ1) is 18.8. The third-order valence-electron chi connectivity index (χ3n) is 9.24. The number of aromatic nitrogens is 2. The van der Waals surface area contributed by atoms with Gasteiger partial charge in [0.25, 0.3) is 0 Å². The summed E-state index contributed by atoms with van der Waals surface area (Å²) >= 11 is 0. The molecule has 0 unspecified atom stereocenters. The van der Waals surface area contributed by atoms with Crippen molar-refractivity contribution in [1.29, 1.82) is 5.26 Å². The van der Waals surface area contributed by atoms with Gasteiger partial charge in [0.15, 0.2) is 22.9 Å². The fraction of sp³-hybridized carbons (Fsp3) is 0.833. The van der Waals surface area contributed by atoms with Crippen LogP contribution in [-0.2, 0) is 13.6 Å². The normalized spacial score (nSPS) is 22.1. The molecule has 40 heavy (non-hydrogen) atoms. The van der Waals surface area contributed by atoms with E-state index in [0.717, 1.165) is 37.8 Å². The molecule has 0 aromatic carbocycles. The Morgan fingerprint density at radius 3 is 1.98 bits per heavy atom. The molecule has 4 atom stereocenters. The van der Waals surface area contributed by atoms with Crippen molar-refractivity contribution >= 4 is 22.5 Å². The number of ether oxygens (including phenoxy) is 1. The summed E-state index contributed by atoms with van der Waals surface area (Å²) in [6.45, 7) is 23.0. The molecule has 2 N–H and O–H groups in total. The zero-order chi connectivity index (χ0) is 30.3. The lowest BCUT2D eigenvalue weighted by atomic mass is 10.0. The molecule has 0 spiro atoms. The van der Waals surface area contributed by atoms with Crippen LogP contribution in [0.4, 0.5) is 5.82 Å². The van der Waals surface area contributed by atoms with Gasteiger partial charge in [0.1, 0.15) is 17.8 Å². The van der Waals surface area contributed by atoms with Gasteiger partial charge < -0.3 is 19.3 Å². The van der Waals surface area contributed by atoms with E-state index in [1.54, 1.807) is 12.3 Å². The van der Waals surface area contributed by atoms with Gasteiger partial charge in [-0.3, -0.25) is 4.57 Å². The number of nitrogen functional groups attached to an aromatic ring is 1. The predicted molar refractivity (Wildman–Crippen MR) is 168 cm³/mol. The van der Waals surface area contributed by atoms with Crippen LogP contribution >= 0.6 is 0 Å². The molecule has 0 amide bonds. The highest BCUT2D eigenvalue weighted by atomic mass is 28.4. The van der Waals surface area contributed by atoms with Crippen LogP contribution in [0.25, 0.3) is 0 Å². The van der Waals surface area contributed by atoms with Crippen molar-refractivity contribution in [3.8, 4) is 6.07 Å². The molecule has 0 bridgehead atoms. The minimum atomic E-state index is -2.33. The second kappa shape index (κ2) is 15.1. The van der Waals surface area contributed by atoms with Gasteiger partial charge in [-0.15, -0.1) is 0 Å². The number of hydrogen-bond acceptors (Lipinski definition) is 7. The number of nitriles is 1. The first-order valence-corrected chi connectivity index (χ1v) is 20.1. The molecule has 0 saturated carbocycles. The summed E-state index contributed by atoms with van der Waals surface area (Å²) in [6, 6.07) is 6.17. The van der Waals surface area contributed by atoms with Crippen LogP contribution in [0.3, 0.4) is 0 Å². The quantitative estimate of drug-likeness (QED) is 0.199. The average molecular weight is 593 g/mol. The lowest BCUT2D eigenvalue weighted by molar-refractivity contribution is -0.0431. The third-order valence-corrected chi connectivity index (χ3v) is 20.7. The van der Waals surface area contributed by atoms with E-state index in [9.17, 15) is 10.1 Å². The largest absolute Gasteiger partial charge is 0.414 e. The molecule has 10 heteroatoms. The van der Waals surface area contributed by atoms with Crippen LogP contribution in [0.1, 0.15) is 101 Å². The van der Waals surface area contributed by atoms with E-state index in [-0.39, 0.29) is 5.82 Å². The fourth-order valence-corrected chi connectivity index (χ4v) is 16.2. The Morgan fingerprint density at radius 1 is 1.00 bits per heavy atom. The van der Waals surface area contributed by atoms with E-state index in [0.29, 0.717) is 28.8 Å². The standard InChI is InChI=1S/C30H56N4O4Si2/c1-11-13-17-39(21(3)4,22(5)6)36-20-26-28(38-40(23(7)8,24(9)10)18-14-12-2)25(19-31)29(37-26)34-16-15-27(32)33-30(34)35/h15-16,21-26,28-29H,11-14,17-18,20H2,1-10H3,(H2,32,33,35)/t25-,26+,28-,29+/m0/s1. The molecule has 228 valence electrons. The molecule has 0 radical (unpaired) electrons. The summed E-state index contributed by atoms with van der Waals surface area (Å²) in [6.07, 6.45) is 4.26. The summed E-state index contributed by atoms with van der Waals surface area (Å²) < 4.78 is 22.3. The average Bonchev–Trinajstić information content (AvgIpc) is 3.22. The van der Waals surface area contributed by atoms with Gasteiger partial charge >= 0.3 is 5.69 Å². The van der Waals surface area contributed by atoms with Crippen molar-refractivity contribution in [3.63, 3.8) is 0 Å².